The molecule has 0 aliphatic rings. The van der Waals surface area contributed by atoms with Crippen LogP contribution in [-0.2, 0) is 12.7 Å². The highest BCUT2D eigenvalue weighted by atomic mass is 35.5. The molecule has 0 radical (unpaired) electrons. The molecule has 0 atom stereocenters. The summed E-state index contributed by atoms with van der Waals surface area (Å²) in [5, 5.41) is 3.33. The van der Waals surface area contributed by atoms with E-state index in [1.807, 2.05) is 0 Å². The van der Waals surface area contributed by atoms with Gasteiger partial charge in [-0.2, -0.15) is 13.2 Å². The summed E-state index contributed by atoms with van der Waals surface area (Å²) in [5.74, 6) is -0.517. The molecule has 5 rings (SSSR count). The van der Waals surface area contributed by atoms with Gasteiger partial charge in [0.25, 0.3) is 11.5 Å². The van der Waals surface area contributed by atoms with Gasteiger partial charge in [0.1, 0.15) is 5.69 Å². The lowest BCUT2D eigenvalue weighted by Gasteiger charge is -2.11. The quantitative estimate of drug-likeness (QED) is 0.351. The summed E-state index contributed by atoms with van der Waals surface area (Å²) in [6.45, 7) is 0.110. The second-order valence-corrected chi connectivity index (χ2v) is 8.24. The summed E-state index contributed by atoms with van der Waals surface area (Å²) in [6.07, 6.45) is -3.10. The van der Waals surface area contributed by atoms with E-state index in [0.29, 0.717) is 21.5 Å². The van der Waals surface area contributed by atoms with Crippen molar-refractivity contribution in [1.29, 1.82) is 0 Å². The molecule has 1 N–H and O–H groups in total. The molecule has 3 aromatic carbocycles. The Balaban J connectivity index is 1.61. The van der Waals surface area contributed by atoms with Crippen LogP contribution in [0.15, 0.2) is 83.8 Å². The number of rotatable bonds is 4. The number of halogens is 4. The third-order valence-corrected chi connectivity index (χ3v) is 5.90. The predicted octanol–water partition coefficient (Wildman–Crippen LogP) is 5.62. The molecule has 1 amide bonds. The van der Waals surface area contributed by atoms with E-state index in [4.69, 9.17) is 11.6 Å². The molecular formula is C25H16ClF3N4O2. The normalized spacial score (nSPS) is 11.8. The Morgan fingerprint density at radius 1 is 1.00 bits per heavy atom. The van der Waals surface area contributed by atoms with E-state index in [9.17, 15) is 22.8 Å². The van der Waals surface area contributed by atoms with Crippen molar-refractivity contribution in [2.75, 3.05) is 5.32 Å². The van der Waals surface area contributed by atoms with E-state index in [1.54, 1.807) is 52.9 Å². The Kier molecular flexibility index (Phi) is 5.56. The average molecular weight is 497 g/mol. The molecular weight excluding hydrogens is 481 g/mol. The standard InChI is InChI=1S/C25H16ClF3N4O2/c26-19-10-3-1-6-15(19)13-33-23(35)18-9-2-4-11-21(18)32-14-20(31-24(32)33)22(34)30-17-8-5-7-16(12-17)25(27,28)29/h1-12,14H,13H2,(H,30,34). The highest BCUT2D eigenvalue weighted by molar-refractivity contribution is 6.31. The Morgan fingerprint density at radius 2 is 1.74 bits per heavy atom. The number of benzene rings is 3. The zero-order valence-electron chi connectivity index (χ0n) is 17.9. The number of imidazole rings is 1. The lowest BCUT2D eigenvalue weighted by molar-refractivity contribution is -0.137. The van der Waals surface area contributed by atoms with Crippen molar-refractivity contribution in [3.05, 3.63) is 111 Å². The van der Waals surface area contributed by atoms with Crippen molar-refractivity contribution in [3.63, 3.8) is 0 Å². The smallest absolute Gasteiger partial charge is 0.321 e. The monoisotopic (exact) mass is 496 g/mol. The molecule has 0 saturated carbocycles. The van der Waals surface area contributed by atoms with Gasteiger partial charge in [-0.15, -0.1) is 0 Å². The number of carbonyl (C=O) groups is 1. The molecule has 2 heterocycles. The molecule has 35 heavy (non-hydrogen) atoms. The number of nitrogens with zero attached hydrogens (tertiary/aromatic N) is 3. The van der Waals surface area contributed by atoms with Gasteiger partial charge in [-0.3, -0.25) is 18.6 Å². The molecule has 6 nitrogen and oxygen atoms in total. The maximum absolute atomic E-state index is 13.3. The first-order valence-electron chi connectivity index (χ1n) is 10.4. The van der Waals surface area contributed by atoms with Crippen LogP contribution in [0.3, 0.4) is 0 Å². The summed E-state index contributed by atoms with van der Waals surface area (Å²) in [4.78, 5) is 30.6. The van der Waals surface area contributed by atoms with E-state index in [2.05, 4.69) is 10.3 Å². The van der Waals surface area contributed by atoms with E-state index in [1.165, 1.54) is 22.9 Å². The molecule has 2 aromatic heterocycles. The number of fused-ring (bicyclic) bond motifs is 3. The first kappa shape index (κ1) is 22.7. The fourth-order valence-corrected chi connectivity index (χ4v) is 4.05. The SMILES string of the molecule is O=C(Nc1cccc(C(F)(F)F)c1)c1cn2c3ccccc3c(=O)n(Cc3ccccc3Cl)c2n1. The van der Waals surface area contributed by atoms with Gasteiger partial charge in [-0.1, -0.05) is 48.0 Å². The zero-order chi connectivity index (χ0) is 24.7. The van der Waals surface area contributed by atoms with Crippen LogP contribution in [0.1, 0.15) is 21.6 Å². The van der Waals surface area contributed by atoms with E-state index >= 15 is 0 Å². The van der Waals surface area contributed by atoms with Crippen LogP contribution in [0.2, 0.25) is 5.02 Å². The topological polar surface area (TPSA) is 68.4 Å². The van der Waals surface area contributed by atoms with E-state index < -0.39 is 17.6 Å². The minimum Gasteiger partial charge on any atom is -0.321 e. The van der Waals surface area contributed by atoms with Crippen molar-refractivity contribution in [2.45, 2.75) is 12.7 Å². The molecule has 0 bridgehead atoms. The van der Waals surface area contributed by atoms with Gasteiger partial charge in [0.15, 0.2) is 0 Å². The molecule has 0 aliphatic carbocycles. The Morgan fingerprint density at radius 3 is 2.51 bits per heavy atom. The Hall–Kier alpha value is -4.11. The van der Waals surface area contributed by atoms with Gasteiger partial charge in [-0.25, -0.2) is 4.98 Å². The number of hydrogen-bond donors (Lipinski definition) is 1. The second kappa shape index (κ2) is 8.59. The highest BCUT2D eigenvalue weighted by Crippen LogP contribution is 2.30. The van der Waals surface area contributed by atoms with Crippen LogP contribution >= 0.6 is 11.6 Å². The number of anilines is 1. The molecule has 0 saturated heterocycles. The fraction of sp³-hybridized carbons (Fsp3) is 0.0800. The third-order valence-electron chi connectivity index (χ3n) is 5.53. The Labute approximate surface area is 201 Å². The van der Waals surface area contributed by atoms with Crippen LogP contribution < -0.4 is 10.9 Å². The number of amides is 1. The first-order valence-corrected chi connectivity index (χ1v) is 10.8. The number of hydrogen-bond acceptors (Lipinski definition) is 3. The van der Waals surface area contributed by atoms with Crippen molar-refractivity contribution in [3.8, 4) is 0 Å². The minimum absolute atomic E-state index is 0.0276. The van der Waals surface area contributed by atoms with Crippen LogP contribution in [0.5, 0.6) is 0 Å². The maximum atomic E-state index is 13.3. The highest BCUT2D eigenvalue weighted by Gasteiger charge is 2.30. The van der Waals surface area contributed by atoms with Crippen LogP contribution in [-0.4, -0.2) is 19.9 Å². The second-order valence-electron chi connectivity index (χ2n) is 7.83. The van der Waals surface area contributed by atoms with Gasteiger partial charge >= 0.3 is 6.18 Å². The number of alkyl halides is 3. The fourth-order valence-electron chi connectivity index (χ4n) is 3.86. The van der Waals surface area contributed by atoms with Gasteiger partial charge in [0, 0.05) is 16.9 Å². The van der Waals surface area contributed by atoms with Crippen LogP contribution in [0, 0.1) is 0 Å². The van der Waals surface area contributed by atoms with Crippen molar-refractivity contribution >= 4 is 39.9 Å². The molecule has 0 unspecified atom stereocenters. The first-order chi connectivity index (χ1) is 16.7. The molecule has 0 fully saturated rings. The van der Waals surface area contributed by atoms with Gasteiger partial charge in [-0.05, 0) is 42.0 Å². The predicted molar refractivity (Wildman–Crippen MR) is 127 cm³/mol. The van der Waals surface area contributed by atoms with Crippen molar-refractivity contribution in [1.82, 2.24) is 14.0 Å². The lowest BCUT2D eigenvalue weighted by atomic mass is 10.2. The summed E-state index contributed by atoms with van der Waals surface area (Å²) in [6, 6.07) is 18.3. The van der Waals surface area contributed by atoms with Crippen molar-refractivity contribution < 1.29 is 18.0 Å². The molecule has 5 aromatic rings. The van der Waals surface area contributed by atoms with Crippen molar-refractivity contribution in [2.24, 2.45) is 0 Å². The number of nitrogens with one attached hydrogen (secondary N) is 1. The van der Waals surface area contributed by atoms with Crippen LogP contribution in [0.25, 0.3) is 16.7 Å². The maximum Gasteiger partial charge on any atom is 0.416 e. The molecule has 0 spiro atoms. The van der Waals surface area contributed by atoms with Crippen LogP contribution in [0.4, 0.5) is 18.9 Å². The zero-order valence-corrected chi connectivity index (χ0v) is 18.6. The van der Waals surface area contributed by atoms with E-state index in [0.717, 1.165) is 12.1 Å². The van der Waals surface area contributed by atoms with Gasteiger partial charge in [0.2, 0.25) is 5.78 Å². The number of carbonyl (C=O) groups excluding carboxylic acids is 1. The van der Waals surface area contributed by atoms with E-state index in [-0.39, 0.29) is 29.3 Å². The third kappa shape index (κ3) is 4.26. The summed E-state index contributed by atoms with van der Waals surface area (Å²) < 4.78 is 42.1. The Bertz CT molecular complexity index is 1660. The molecule has 176 valence electrons. The minimum atomic E-state index is -4.54. The summed E-state index contributed by atoms with van der Waals surface area (Å²) in [7, 11) is 0. The number of aromatic nitrogens is 3. The molecule has 10 heteroatoms. The summed E-state index contributed by atoms with van der Waals surface area (Å²) in [5.41, 5.74) is -0.0699. The molecule has 0 aliphatic heterocycles. The lowest BCUT2D eigenvalue weighted by Crippen LogP contribution is -2.24. The summed E-state index contributed by atoms with van der Waals surface area (Å²) >= 11 is 6.30. The number of para-hydroxylation sites is 1. The largest absolute Gasteiger partial charge is 0.416 e. The van der Waals surface area contributed by atoms with Gasteiger partial charge < -0.3 is 5.32 Å². The van der Waals surface area contributed by atoms with Gasteiger partial charge in [0.05, 0.1) is 23.0 Å². The average Bonchev–Trinajstić information content (AvgIpc) is 3.28.